The summed E-state index contributed by atoms with van der Waals surface area (Å²) in [5.74, 6) is 0. The molecule has 0 bridgehead atoms. The minimum Gasteiger partial charge on any atom is -0.306 e. The molecule has 0 aromatic heterocycles. The molecule has 0 heterocycles. The van der Waals surface area contributed by atoms with E-state index < -0.39 is 0 Å². The molecule has 0 rings (SSSR count). The smallest absolute Gasteiger partial charge is 0.00891 e. The van der Waals surface area contributed by atoms with E-state index in [0.717, 1.165) is 6.04 Å². The molecule has 2 heteroatoms. The number of rotatable bonds is 36. The Labute approximate surface area is 275 Å². The van der Waals surface area contributed by atoms with Crippen molar-refractivity contribution in [2.75, 3.05) is 14.1 Å². The van der Waals surface area contributed by atoms with Crippen molar-refractivity contribution in [1.82, 2.24) is 4.90 Å². The highest BCUT2D eigenvalue weighted by Gasteiger charge is 2.10. The molecule has 0 spiro atoms. The van der Waals surface area contributed by atoms with Gasteiger partial charge in [0.15, 0.2) is 0 Å². The molecule has 42 heavy (non-hydrogen) atoms. The first-order chi connectivity index (χ1) is 20.2. The van der Waals surface area contributed by atoms with Crippen LogP contribution < -0.4 is 0 Å². The predicted octanol–water partition coefficient (Wildman–Crippen LogP) is 15.0. The molecule has 0 aromatic rings. The molecule has 1 atom stereocenters. The van der Waals surface area contributed by atoms with Crippen LogP contribution in [0, 0.1) is 0 Å². The zero-order valence-corrected chi connectivity index (χ0v) is 31.0. The fourth-order valence-electron chi connectivity index (χ4n) is 6.69. The lowest BCUT2D eigenvalue weighted by atomic mass is 9.99. The highest BCUT2D eigenvalue weighted by Crippen LogP contribution is 2.19. The molecule has 1 unspecified atom stereocenters. The van der Waals surface area contributed by atoms with Gasteiger partial charge in [-0.3, -0.25) is 0 Å². The van der Waals surface area contributed by atoms with Crippen molar-refractivity contribution in [2.24, 2.45) is 0 Å². The van der Waals surface area contributed by atoms with Crippen molar-refractivity contribution >= 4 is 12.4 Å². The summed E-state index contributed by atoms with van der Waals surface area (Å²) in [6.07, 6.45) is 51.3. The Hall–Kier alpha value is 0.250. The molecule has 0 aliphatic carbocycles. The predicted molar refractivity (Wildman–Crippen MR) is 198 cm³/mol. The lowest BCUT2D eigenvalue weighted by Gasteiger charge is -2.24. The standard InChI is InChI=1S/C40H83N.ClH/c1-5-7-9-11-13-15-17-19-21-22-23-25-27-29-31-33-35-37-39-40(41(3)4)38-36-34-32-30-28-26-24-20-18-16-14-12-10-8-6-2;/h40H,5-39H2,1-4H3;1H. The summed E-state index contributed by atoms with van der Waals surface area (Å²) in [7, 11) is 4.62. The fourth-order valence-corrected chi connectivity index (χ4v) is 6.69. The van der Waals surface area contributed by atoms with Crippen LogP contribution in [0.3, 0.4) is 0 Å². The fraction of sp³-hybridized carbons (Fsp3) is 1.00. The second-order valence-electron chi connectivity index (χ2n) is 14.2. The first-order valence-corrected chi connectivity index (χ1v) is 19.9. The molecular formula is C40H84ClN. The van der Waals surface area contributed by atoms with Crippen LogP contribution in [0.15, 0.2) is 0 Å². The third kappa shape index (κ3) is 36.4. The number of hydrogen-bond donors (Lipinski definition) is 0. The average Bonchev–Trinajstić information content (AvgIpc) is 2.97. The first kappa shape index (κ1) is 44.4. The maximum Gasteiger partial charge on any atom is 0.00891 e. The van der Waals surface area contributed by atoms with Crippen LogP contribution >= 0.6 is 12.4 Å². The molecule has 0 aliphatic heterocycles. The van der Waals surface area contributed by atoms with E-state index in [0.29, 0.717) is 0 Å². The minimum absolute atomic E-state index is 0. The summed E-state index contributed by atoms with van der Waals surface area (Å²) >= 11 is 0. The minimum atomic E-state index is 0. The van der Waals surface area contributed by atoms with Gasteiger partial charge in [-0.15, -0.1) is 12.4 Å². The topological polar surface area (TPSA) is 3.24 Å². The van der Waals surface area contributed by atoms with E-state index in [4.69, 9.17) is 0 Å². The molecule has 0 N–H and O–H groups in total. The zero-order valence-electron chi connectivity index (χ0n) is 30.2. The van der Waals surface area contributed by atoms with Gasteiger partial charge in [-0.2, -0.15) is 0 Å². The van der Waals surface area contributed by atoms with Crippen molar-refractivity contribution in [3.63, 3.8) is 0 Å². The highest BCUT2D eigenvalue weighted by atomic mass is 35.5. The van der Waals surface area contributed by atoms with Gasteiger partial charge in [-0.1, -0.05) is 226 Å². The third-order valence-electron chi connectivity index (χ3n) is 9.76. The van der Waals surface area contributed by atoms with Gasteiger partial charge in [-0.05, 0) is 26.9 Å². The van der Waals surface area contributed by atoms with Crippen molar-refractivity contribution < 1.29 is 0 Å². The van der Waals surface area contributed by atoms with Crippen LogP contribution in [-0.4, -0.2) is 25.0 Å². The lowest BCUT2D eigenvalue weighted by molar-refractivity contribution is 0.251. The Morgan fingerprint density at radius 1 is 0.286 bits per heavy atom. The Balaban J connectivity index is 0. The van der Waals surface area contributed by atoms with E-state index in [9.17, 15) is 0 Å². The van der Waals surface area contributed by atoms with Gasteiger partial charge in [0.2, 0.25) is 0 Å². The van der Waals surface area contributed by atoms with Crippen LogP contribution in [-0.2, 0) is 0 Å². The van der Waals surface area contributed by atoms with Gasteiger partial charge in [0.1, 0.15) is 0 Å². The maximum absolute atomic E-state index is 2.51. The van der Waals surface area contributed by atoms with E-state index in [1.807, 2.05) is 0 Å². The van der Waals surface area contributed by atoms with E-state index in [1.54, 1.807) is 0 Å². The van der Waals surface area contributed by atoms with E-state index >= 15 is 0 Å². The second kappa shape index (κ2) is 39.3. The molecule has 0 aliphatic rings. The molecule has 0 saturated carbocycles. The first-order valence-electron chi connectivity index (χ1n) is 19.9. The number of nitrogens with zero attached hydrogens (tertiary/aromatic N) is 1. The second-order valence-corrected chi connectivity index (χ2v) is 14.2. The Bertz CT molecular complexity index is 451. The van der Waals surface area contributed by atoms with Gasteiger partial charge < -0.3 is 4.90 Å². The molecule has 0 aromatic carbocycles. The van der Waals surface area contributed by atoms with Crippen LogP contribution in [0.1, 0.15) is 239 Å². The van der Waals surface area contributed by atoms with Crippen LogP contribution in [0.25, 0.3) is 0 Å². The van der Waals surface area contributed by atoms with Gasteiger partial charge >= 0.3 is 0 Å². The molecule has 0 saturated heterocycles. The number of hydrogen-bond acceptors (Lipinski definition) is 1. The summed E-state index contributed by atoms with van der Waals surface area (Å²) in [6, 6.07) is 0.818. The SMILES string of the molecule is CCCCCCCCCCCCCCCCCCCCC(CCCCCCCCCCCCCCCCC)N(C)C.Cl. The van der Waals surface area contributed by atoms with E-state index in [1.165, 1.54) is 225 Å². The highest BCUT2D eigenvalue weighted by molar-refractivity contribution is 5.85. The normalized spacial score (nSPS) is 12.2. The van der Waals surface area contributed by atoms with Crippen molar-refractivity contribution in [3.05, 3.63) is 0 Å². The average molecular weight is 615 g/mol. The summed E-state index contributed by atoms with van der Waals surface area (Å²) < 4.78 is 0. The zero-order chi connectivity index (χ0) is 29.9. The summed E-state index contributed by atoms with van der Waals surface area (Å²) in [5.41, 5.74) is 0. The van der Waals surface area contributed by atoms with Crippen molar-refractivity contribution in [2.45, 2.75) is 245 Å². The Morgan fingerprint density at radius 3 is 0.619 bits per heavy atom. The van der Waals surface area contributed by atoms with Gasteiger partial charge in [0, 0.05) is 6.04 Å². The van der Waals surface area contributed by atoms with Crippen LogP contribution in [0.5, 0.6) is 0 Å². The molecule has 0 radical (unpaired) electrons. The summed E-state index contributed by atoms with van der Waals surface area (Å²) in [4.78, 5) is 2.51. The Morgan fingerprint density at radius 2 is 0.452 bits per heavy atom. The quantitative estimate of drug-likeness (QED) is 0.0635. The maximum atomic E-state index is 2.51. The van der Waals surface area contributed by atoms with Gasteiger partial charge in [0.05, 0.1) is 0 Å². The van der Waals surface area contributed by atoms with Crippen molar-refractivity contribution in [1.29, 1.82) is 0 Å². The number of unbranched alkanes of at least 4 members (excludes halogenated alkanes) is 31. The third-order valence-corrected chi connectivity index (χ3v) is 9.76. The molecule has 256 valence electrons. The van der Waals surface area contributed by atoms with E-state index in [-0.39, 0.29) is 12.4 Å². The summed E-state index contributed by atoms with van der Waals surface area (Å²) in [6.45, 7) is 4.62. The molecular weight excluding hydrogens is 530 g/mol. The summed E-state index contributed by atoms with van der Waals surface area (Å²) in [5, 5.41) is 0. The largest absolute Gasteiger partial charge is 0.306 e. The molecule has 0 amide bonds. The van der Waals surface area contributed by atoms with E-state index in [2.05, 4.69) is 32.8 Å². The molecule has 1 nitrogen and oxygen atoms in total. The lowest BCUT2D eigenvalue weighted by Crippen LogP contribution is -2.27. The Kier molecular flexibility index (Phi) is 41.5. The van der Waals surface area contributed by atoms with Crippen LogP contribution in [0.2, 0.25) is 0 Å². The van der Waals surface area contributed by atoms with Gasteiger partial charge in [-0.25, -0.2) is 0 Å². The molecule has 0 fully saturated rings. The number of halogens is 1. The monoisotopic (exact) mass is 614 g/mol. The van der Waals surface area contributed by atoms with Gasteiger partial charge in [0.25, 0.3) is 0 Å². The van der Waals surface area contributed by atoms with Crippen LogP contribution in [0.4, 0.5) is 0 Å². The van der Waals surface area contributed by atoms with Crippen molar-refractivity contribution in [3.8, 4) is 0 Å².